The van der Waals surface area contributed by atoms with E-state index in [1.807, 2.05) is 0 Å². The van der Waals surface area contributed by atoms with Crippen LogP contribution in [0, 0.1) is 0 Å². The number of hydrogen-bond donors (Lipinski definition) is 0. The van der Waals surface area contributed by atoms with Crippen molar-refractivity contribution in [2.24, 2.45) is 0 Å². The highest BCUT2D eigenvalue weighted by Crippen LogP contribution is 2.24. The van der Waals surface area contributed by atoms with Gasteiger partial charge in [-0.05, 0) is 24.6 Å². The highest BCUT2D eigenvalue weighted by Gasteiger charge is 2.11. The number of ether oxygens (including phenoxy) is 1. The predicted octanol–water partition coefficient (Wildman–Crippen LogP) is 3.72. The SMILES string of the molecule is CCCCC(=O)c1ccc(Cl)cc1OC. The molecular weight excluding hydrogens is 212 g/mol. The molecule has 0 aliphatic carbocycles. The third-order valence-electron chi connectivity index (χ3n) is 2.22. The van der Waals surface area contributed by atoms with Crippen molar-refractivity contribution in [1.82, 2.24) is 0 Å². The maximum absolute atomic E-state index is 11.8. The molecule has 0 atom stereocenters. The van der Waals surface area contributed by atoms with Gasteiger partial charge in [0.2, 0.25) is 0 Å². The third kappa shape index (κ3) is 3.24. The van der Waals surface area contributed by atoms with Crippen LogP contribution in [0.25, 0.3) is 0 Å². The van der Waals surface area contributed by atoms with Crippen molar-refractivity contribution in [3.63, 3.8) is 0 Å². The second-order valence-electron chi connectivity index (χ2n) is 3.37. The minimum absolute atomic E-state index is 0.116. The van der Waals surface area contributed by atoms with Gasteiger partial charge in [-0.25, -0.2) is 0 Å². The van der Waals surface area contributed by atoms with Crippen LogP contribution in [0.3, 0.4) is 0 Å². The van der Waals surface area contributed by atoms with E-state index in [-0.39, 0.29) is 5.78 Å². The summed E-state index contributed by atoms with van der Waals surface area (Å²) >= 11 is 5.81. The van der Waals surface area contributed by atoms with Gasteiger partial charge in [0.05, 0.1) is 12.7 Å². The molecule has 15 heavy (non-hydrogen) atoms. The Hall–Kier alpha value is -1.02. The number of methoxy groups -OCH3 is 1. The molecular formula is C12H15ClO2. The molecule has 0 amide bonds. The number of ketones is 1. The van der Waals surface area contributed by atoms with Crippen molar-refractivity contribution in [3.05, 3.63) is 28.8 Å². The summed E-state index contributed by atoms with van der Waals surface area (Å²) in [5.41, 5.74) is 0.621. The summed E-state index contributed by atoms with van der Waals surface area (Å²) in [6.45, 7) is 2.06. The Bertz CT molecular complexity index is 347. The molecule has 0 bridgehead atoms. The van der Waals surface area contributed by atoms with Crippen LogP contribution < -0.4 is 4.74 Å². The molecule has 1 rings (SSSR count). The number of unbranched alkanes of at least 4 members (excludes halogenated alkanes) is 1. The van der Waals surface area contributed by atoms with Crippen LogP contribution in [0.4, 0.5) is 0 Å². The average molecular weight is 227 g/mol. The van der Waals surface area contributed by atoms with Crippen LogP contribution in [0.1, 0.15) is 36.5 Å². The molecule has 0 fully saturated rings. The van der Waals surface area contributed by atoms with E-state index in [4.69, 9.17) is 16.3 Å². The lowest BCUT2D eigenvalue weighted by Crippen LogP contribution is -2.01. The second kappa shape index (κ2) is 5.76. The summed E-state index contributed by atoms with van der Waals surface area (Å²) in [7, 11) is 1.54. The van der Waals surface area contributed by atoms with E-state index >= 15 is 0 Å². The normalized spacial score (nSPS) is 10.1. The maximum Gasteiger partial charge on any atom is 0.166 e. The van der Waals surface area contributed by atoms with Gasteiger partial charge in [-0.2, -0.15) is 0 Å². The van der Waals surface area contributed by atoms with E-state index in [9.17, 15) is 4.79 Å². The molecule has 2 nitrogen and oxygen atoms in total. The number of benzene rings is 1. The van der Waals surface area contributed by atoms with Gasteiger partial charge < -0.3 is 4.74 Å². The fraction of sp³-hybridized carbons (Fsp3) is 0.417. The number of carbonyl (C=O) groups is 1. The Morgan fingerprint density at radius 2 is 2.20 bits per heavy atom. The zero-order valence-corrected chi connectivity index (χ0v) is 9.80. The average Bonchev–Trinajstić information content (AvgIpc) is 2.25. The first kappa shape index (κ1) is 12.1. The maximum atomic E-state index is 11.8. The molecule has 0 saturated carbocycles. The van der Waals surface area contributed by atoms with Gasteiger partial charge >= 0.3 is 0 Å². The highest BCUT2D eigenvalue weighted by molar-refractivity contribution is 6.30. The molecule has 82 valence electrons. The predicted molar refractivity (Wildman–Crippen MR) is 61.9 cm³/mol. The first-order valence-corrected chi connectivity index (χ1v) is 5.43. The fourth-order valence-electron chi connectivity index (χ4n) is 1.37. The van der Waals surface area contributed by atoms with Gasteiger partial charge in [-0.3, -0.25) is 4.79 Å². The van der Waals surface area contributed by atoms with E-state index in [0.29, 0.717) is 22.8 Å². The molecule has 0 aliphatic rings. The van der Waals surface area contributed by atoms with Gasteiger partial charge in [0.1, 0.15) is 5.75 Å². The summed E-state index contributed by atoms with van der Waals surface area (Å²) in [5.74, 6) is 0.675. The van der Waals surface area contributed by atoms with Crippen molar-refractivity contribution in [2.75, 3.05) is 7.11 Å². The van der Waals surface area contributed by atoms with Gasteiger partial charge in [0, 0.05) is 11.4 Å². The summed E-state index contributed by atoms with van der Waals surface area (Å²) < 4.78 is 5.12. The summed E-state index contributed by atoms with van der Waals surface area (Å²) in [4.78, 5) is 11.8. The molecule has 0 radical (unpaired) electrons. The van der Waals surface area contributed by atoms with Gasteiger partial charge in [-0.1, -0.05) is 24.9 Å². The van der Waals surface area contributed by atoms with Crippen molar-refractivity contribution in [1.29, 1.82) is 0 Å². The minimum atomic E-state index is 0.116. The number of hydrogen-bond acceptors (Lipinski definition) is 2. The van der Waals surface area contributed by atoms with Crippen LogP contribution >= 0.6 is 11.6 Å². The number of rotatable bonds is 5. The number of carbonyl (C=O) groups excluding carboxylic acids is 1. The Balaban J connectivity index is 2.87. The standard InChI is InChI=1S/C12H15ClO2/c1-3-4-5-11(14)10-7-6-9(13)8-12(10)15-2/h6-8H,3-5H2,1-2H3. The fourth-order valence-corrected chi connectivity index (χ4v) is 1.53. The molecule has 0 saturated heterocycles. The number of halogens is 1. The first-order chi connectivity index (χ1) is 7.19. The van der Waals surface area contributed by atoms with Gasteiger partial charge in [0.15, 0.2) is 5.78 Å². The van der Waals surface area contributed by atoms with E-state index in [2.05, 4.69) is 6.92 Å². The van der Waals surface area contributed by atoms with Crippen molar-refractivity contribution < 1.29 is 9.53 Å². The molecule has 3 heteroatoms. The Labute approximate surface area is 95.2 Å². The summed E-state index contributed by atoms with van der Waals surface area (Å²) in [6.07, 6.45) is 2.49. The smallest absolute Gasteiger partial charge is 0.166 e. The molecule has 1 aromatic rings. The zero-order chi connectivity index (χ0) is 11.3. The number of Topliss-reactive ketones (excluding diaryl/α,β-unsaturated/α-hetero) is 1. The molecule has 0 heterocycles. The lowest BCUT2D eigenvalue weighted by Gasteiger charge is -2.07. The topological polar surface area (TPSA) is 26.3 Å². The Morgan fingerprint density at radius 3 is 2.80 bits per heavy atom. The first-order valence-electron chi connectivity index (χ1n) is 5.05. The molecule has 0 N–H and O–H groups in total. The Morgan fingerprint density at radius 1 is 1.47 bits per heavy atom. The third-order valence-corrected chi connectivity index (χ3v) is 2.46. The van der Waals surface area contributed by atoms with Gasteiger partial charge in [-0.15, -0.1) is 0 Å². The van der Waals surface area contributed by atoms with Crippen LogP contribution in [0.15, 0.2) is 18.2 Å². The van der Waals surface area contributed by atoms with E-state index in [1.54, 1.807) is 25.3 Å². The summed E-state index contributed by atoms with van der Waals surface area (Å²) in [5, 5.41) is 0.582. The zero-order valence-electron chi connectivity index (χ0n) is 9.05. The molecule has 0 spiro atoms. The molecule has 1 aromatic carbocycles. The molecule has 0 aromatic heterocycles. The van der Waals surface area contributed by atoms with E-state index in [0.717, 1.165) is 12.8 Å². The van der Waals surface area contributed by atoms with Crippen molar-refractivity contribution in [3.8, 4) is 5.75 Å². The quantitative estimate of drug-likeness (QED) is 0.716. The lowest BCUT2D eigenvalue weighted by molar-refractivity contribution is 0.0977. The summed E-state index contributed by atoms with van der Waals surface area (Å²) in [6, 6.07) is 5.10. The molecule has 0 unspecified atom stereocenters. The molecule has 0 aliphatic heterocycles. The van der Waals surface area contributed by atoms with Crippen LogP contribution in [0.5, 0.6) is 5.75 Å². The van der Waals surface area contributed by atoms with Crippen LogP contribution in [-0.2, 0) is 0 Å². The monoisotopic (exact) mass is 226 g/mol. The van der Waals surface area contributed by atoms with Crippen molar-refractivity contribution >= 4 is 17.4 Å². The van der Waals surface area contributed by atoms with Gasteiger partial charge in [0.25, 0.3) is 0 Å². The highest BCUT2D eigenvalue weighted by atomic mass is 35.5. The van der Waals surface area contributed by atoms with Crippen molar-refractivity contribution in [2.45, 2.75) is 26.2 Å². The largest absolute Gasteiger partial charge is 0.496 e. The minimum Gasteiger partial charge on any atom is -0.496 e. The Kier molecular flexibility index (Phi) is 4.63. The second-order valence-corrected chi connectivity index (χ2v) is 3.81. The van der Waals surface area contributed by atoms with E-state index < -0.39 is 0 Å². The van der Waals surface area contributed by atoms with E-state index in [1.165, 1.54) is 0 Å². The van der Waals surface area contributed by atoms with Crippen LogP contribution in [-0.4, -0.2) is 12.9 Å². The lowest BCUT2D eigenvalue weighted by atomic mass is 10.0. The van der Waals surface area contributed by atoms with Crippen LogP contribution in [0.2, 0.25) is 5.02 Å².